The fourth-order valence-electron chi connectivity index (χ4n) is 2.87. The van der Waals surface area contributed by atoms with Gasteiger partial charge in [-0.1, -0.05) is 19.3 Å². The van der Waals surface area contributed by atoms with Gasteiger partial charge in [0.05, 0.1) is 5.75 Å². The molecule has 1 rings (SSSR count). The second kappa shape index (κ2) is 10.7. The molecule has 8 heteroatoms. The Morgan fingerprint density at radius 2 is 1.67 bits per heavy atom. The number of piperidine rings is 1. The quantitative estimate of drug-likeness (QED) is 0.543. The number of nitrogens with zero attached hydrogens (tertiary/aromatic N) is 1. The van der Waals surface area contributed by atoms with Crippen LogP contribution in [-0.4, -0.2) is 55.1 Å². The summed E-state index contributed by atoms with van der Waals surface area (Å²) in [6.07, 6.45) is 5.86. The largest absolute Gasteiger partial charge is 0.481 e. The van der Waals surface area contributed by atoms with Crippen molar-refractivity contribution < 1.29 is 23.1 Å². The molecule has 24 heavy (non-hydrogen) atoms. The van der Waals surface area contributed by atoms with E-state index in [1.54, 1.807) is 6.92 Å². The molecule has 1 aliphatic rings. The van der Waals surface area contributed by atoms with E-state index in [1.165, 1.54) is 4.31 Å². The van der Waals surface area contributed by atoms with Crippen LogP contribution in [0, 0.1) is 5.92 Å². The van der Waals surface area contributed by atoms with Gasteiger partial charge in [0, 0.05) is 32.0 Å². The van der Waals surface area contributed by atoms with Crippen LogP contribution < -0.4 is 5.32 Å². The first-order valence-corrected chi connectivity index (χ1v) is 10.4. The van der Waals surface area contributed by atoms with Gasteiger partial charge in [-0.15, -0.1) is 0 Å². The van der Waals surface area contributed by atoms with Crippen LogP contribution in [0.15, 0.2) is 0 Å². The number of aliphatic carboxylic acids is 1. The van der Waals surface area contributed by atoms with Crippen LogP contribution >= 0.6 is 0 Å². The number of carboxylic acids is 1. The van der Waals surface area contributed by atoms with Crippen LogP contribution in [0.4, 0.5) is 0 Å². The summed E-state index contributed by atoms with van der Waals surface area (Å²) in [7, 11) is -3.14. The van der Waals surface area contributed by atoms with Gasteiger partial charge in [-0.2, -0.15) is 0 Å². The minimum absolute atomic E-state index is 0.0226. The predicted molar refractivity (Wildman–Crippen MR) is 92.1 cm³/mol. The number of hydrogen-bond donors (Lipinski definition) is 2. The van der Waals surface area contributed by atoms with Gasteiger partial charge in [-0.3, -0.25) is 9.59 Å². The van der Waals surface area contributed by atoms with Gasteiger partial charge in [-0.25, -0.2) is 12.7 Å². The molecule has 0 saturated carbocycles. The molecule has 0 aromatic carbocycles. The first-order chi connectivity index (χ1) is 11.4. The van der Waals surface area contributed by atoms with Gasteiger partial charge in [0.15, 0.2) is 0 Å². The third kappa shape index (κ3) is 7.61. The van der Waals surface area contributed by atoms with Crippen LogP contribution in [0.25, 0.3) is 0 Å². The fourth-order valence-corrected chi connectivity index (χ4v) is 4.00. The molecule has 0 unspecified atom stereocenters. The second-order valence-electron chi connectivity index (χ2n) is 6.28. The normalized spacial score (nSPS) is 16.9. The molecule has 1 aliphatic heterocycles. The van der Waals surface area contributed by atoms with Crippen LogP contribution in [0.5, 0.6) is 0 Å². The van der Waals surface area contributed by atoms with E-state index in [4.69, 9.17) is 5.11 Å². The van der Waals surface area contributed by atoms with E-state index in [-0.39, 0.29) is 24.0 Å². The lowest BCUT2D eigenvalue weighted by Crippen LogP contribution is -2.43. The smallest absolute Gasteiger partial charge is 0.303 e. The number of hydrogen-bond acceptors (Lipinski definition) is 4. The minimum Gasteiger partial charge on any atom is -0.481 e. The third-order valence-corrected chi connectivity index (χ3v) is 6.33. The Balaban J connectivity index is 2.09. The molecule has 0 aromatic rings. The minimum atomic E-state index is -3.14. The summed E-state index contributed by atoms with van der Waals surface area (Å²) < 4.78 is 25.0. The van der Waals surface area contributed by atoms with E-state index in [2.05, 4.69) is 5.32 Å². The molecule has 140 valence electrons. The lowest BCUT2D eigenvalue weighted by atomic mass is 9.97. The van der Waals surface area contributed by atoms with Gasteiger partial charge in [0.25, 0.3) is 0 Å². The van der Waals surface area contributed by atoms with Crippen molar-refractivity contribution >= 4 is 21.9 Å². The van der Waals surface area contributed by atoms with E-state index in [1.807, 2.05) is 0 Å². The van der Waals surface area contributed by atoms with Crippen molar-refractivity contribution in [2.24, 2.45) is 5.92 Å². The molecule has 0 spiro atoms. The zero-order valence-electron chi connectivity index (χ0n) is 14.5. The molecular formula is C16H30N2O5S. The van der Waals surface area contributed by atoms with E-state index >= 15 is 0 Å². The molecule has 1 saturated heterocycles. The van der Waals surface area contributed by atoms with E-state index in [9.17, 15) is 18.0 Å². The Hall–Kier alpha value is -1.15. The van der Waals surface area contributed by atoms with Gasteiger partial charge in [0.1, 0.15) is 0 Å². The molecular weight excluding hydrogens is 332 g/mol. The number of carbonyl (C=O) groups is 2. The average molecular weight is 362 g/mol. The highest BCUT2D eigenvalue weighted by molar-refractivity contribution is 7.89. The summed E-state index contributed by atoms with van der Waals surface area (Å²) in [6, 6.07) is 0. The van der Waals surface area contributed by atoms with Crippen molar-refractivity contribution in [3.05, 3.63) is 0 Å². The molecule has 0 atom stereocenters. The van der Waals surface area contributed by atoms with Crippen molar-refractivity contribution in [2.45, 2.75) is 58.3 Å². The summed E-state index contributed by atoms with van der Waals surface area (Å²) in [4.78, 5) is 22.5. The maximum atomic E-state index is 12.1. The van der Waals surface area contributed by atoms with Crippen molar-refractivity contribution in [1.29, 1.82) is 0 Å². The Labute approximate surface area is 144 Å². The Morgan fingerprint density at radius 1 is 1.08 bits per heavy atom. The number of carboxylic acid groups (broad SMARTS) is 1. The summed E-state index contributed by atoms with van der Waals surface area (Å²) in [5.41, 5.74) is 0. The number of nitrogens with one attached hydrogen (secondary N) is 1. The number of unbranched alkanes of at least 4 members (excludes halogenated alkanes) is 4. The van der Waals surface area contributed by atoms with Gasteiger partial charge < -0.3 is 10.4 Å². The molecule has 1 amide bonds. The zero-order valence-corrected chi connectivity index (χ0v) is 15.3. The first-order valence-electron chi connectivity index (χ1n) is 8.84. The molecule has 1 fully saturated rings. The van der Waals surface area contributed by atoms with Crippen molar-refractivity contribution in [2.75, 3.05) is 25.4 Å². The van der Waals surface area contributed by atoms with Crippen molar-refractivity contribution in [3.63, 3.8) is 0 Å². The first kappa shape index (κ1) is 20.9. The highest BCUT2D eigenvalue weighted by Crippen LogP contribution is 2.20. The highest BCUT2D eigenvalue weighted by Gasteiger charge is 2.29. The SMILES string of the molecule is CCS(=O)(=O)N1CCC(C(=O)NCCCCCCCC(=O)O)CC1. The Kier molecular flexibility index (Phi) is 9.28. The van der Waals surface area contributed by atoms with E-state index in [0.717, 1.165) is 25.7 Å². The Bertz CT molecular complexity index is 499. The van der Waals surface area contributed by atoms with Crippen LogP contribution in [0.2, 0.25) is 0 Å². The third-order valence-electron chi connectivity index (χ3n) is 4.45. The summed E-state index contributed by atoms with van der Waals surface area (Å²) in [5.74, 6) is -0.714. The molecule has 2 N–H and O–H groups in total. The summed E-state index contributed by atoms with van der Waals surface area (Å²) >= 11 is 0. The average Bonchev–Trinajstić information content (AvgIpc) is 2.56. The van der Waals surface area contributed by atoms with Crippen LogP contribution in [0.3, 0.4) is 0 Å². The lowest BCUT2D eigenvalue weighted by Gasteiger charge is -2.30. The van der Waals surface area contributed by atoms with Crippen molar-refractivity contribution in [1.82, 2.24) is 9.62 Å². The zero-order chi connectivity index (χ0) is 18.0. The van der Waals surface area contributed by atoms with Crippen molar-refractivity contribution in [3.8, 4) is 0 Å². The number of amides is 1. The van der Waals surface area contributed by atoms with E-state index in [0.29, 0.717) is 38.9 Å². The summed E-state index contributed by atoms with van der Waals surface area (Å²) in [5, 5.41) is 11.5. The predicted octanol–water partition coefficient (Wildman–Crippen LogP) is 1.59. The number of carbonyl (C=O) groups excluding carboxylic acids is 1. The van der Waals surface area contributed by atoms with Crippen LogP contribution in [0.1, 0.15) is 58.3 Å². The number of rotatable bonds is 11. The Morgan fingerprint density at radius 3 is 2.25 bits per heavy atom. The molecule has 0 aromatic heterocycles. The molecule has 0 aliphatic carbocycles. The second-order valence-corrected chi connectivity index (χ2v) is 8.53. The molecule has 0 radical (unpaired) electrons. The number of sulfonamides is 1. The van der Waals surface area contributed by atoms with Gasteiger partial charge in [0.2, 0.25) is 15.9 Å². The maximum Gasteiger partial charge on any atom is 0.303 e. The van der Waals surface area contributed by atoms with Gasteiger partial charge in [-0.05, 0) is 32.6 Å². The lowest BCUT2D eigenvalue weighted by molar-refractivity contribution is -0.137. The van der Waals surface area contributed by atoms with Crippen LogP contribution in [-0.2, 0) is 19.6 Å². The van der Waals surface area contributed by atoms with E-state index < -0.39 is 16.0 Å². The standard InChI is InChI=1S/C16H30N2O5S/c1-2-24(22,23)18-12-9-14(10-13-18)16(21)17-11-7-5-3-4-6-8-15(19)20/h14H,2-13H2,1H3,(H,17,21)(H,19,20). The summed E-state index contributed by atoms with van der Waals surface area (Å²) in [6.45, 7) is 3.12. The molecule has 7 nitrogen and oxygen atoms in total. The monoisotopic (exact) mass is 362 g/mol. The van der Waals surface area contributed by atoms with Gasteiger partial charge >= 0.3 is 5.97 Å². The maximum absolute atomic E-state index is 12.1. The molecule has 0 bridgehead atoms. The molecule has 1 heterocycles. The topological polar surface area (TPSA) is 104 Å². The highest BCUT2D eigenvalue weighted by atomic mass is 32.2. The fraction of sp³-hybridized carbons (Fsp3) is 0.875.